The largest absolute Gasteiger partial charge is 0.384 e. The number of nitrogens with two attached hydrogens (primary N) is 1. The van der Waals surface area contributed by atoms with Crippen molar-refractivity contribution in [1.29, 1.82) is 5.41 Å². The predicted molar refractivity (Wildman–Crippen MR) is 143 cm³/mol. The summed E-state index contributed by atoms with van der Waals surface area (Å²) >= 11 is 0. The van der Waals surface area contributed by atoms with Crippen LogP contribution in [-0.2, 0) is 14.6 Å². The summed E-state index contributed by atoms with van der Waals surface area (Å²) in [5.74, 6) is 0.245. The molecule has 0 aliphatic carbocycles. The number of amides is 1. The summed E-state index contributed by atoms with van der Waals surface area (Å²) in [6, 6.07) is 21.2. The molecular weight excluding hydrogens is 460 g/mol. The standard InChI is InChI=1S/C27H32N4O3S/c1-18(2)15-23(30-22-8-6-7-20(16-22)27(28)29)17-26(32)31-21-13-11-19(12-14-21)24-9-4-5-10-25(24)35(3,33)34/h4-14,16,18,23,30H,15,17H2,1-3H3,(H3,28,29)(H,31,32)/t23-/m0/s1. The first-order valence-corrected chi connectivity index (χ1v) is 13.3. The van der Waals surface area contributed by atoms with Crippen LogP contribution in [0.25, 0.3) is 11.1 Å². The van der Waals surface area contributed by atoms with Crippen molar-refractivity contribution in [2.45, 2.75) is 37.6 Å². The van der Waals surface area contributed by atoms with Crippen LogP contribution in [0.4, 0.5) is 11.4 Å². The van der Waals surface area contributed by atoms with Gasteiger partial charge in [0, 0.05) is 41.2 Å². The van der Waals surface area contributed by atoms with Crippen LogP contribution in [-0.4, -0.2) is 32.5 Å². The Morgan fingerprint density at radius 3 is 2.29 bits per heavy atom. The van der Waals surface area contributed by atoms with E-state index >= 15 is 0 Å². The van der Waals surface area contributed by atoms with Crippen molar-refractivity contribution < 1.29 is 13.2 Å². The van der Waals surface area contributed by atoms with Gasteiger partial charge in [-0.15, -0.1) is 0 Å². The SMILES string of the molecule is CC(C)C[C@@H](CC(=O)Nc1ccc(-c2ccccc2S(C)(=O)=O)cc1)Nc1cccc(C(=N)N)c1. The number of carbonyl (C=O) groups is 1. The molecular formula is C27H32N4O3S. The fourth-order valence-corrected chi connectivity index (χ4v) is 4.88. The van der Waals surface area contributed by atoms with Crippen LogP contribution in [0, 0.1) is 11.3 Å². The normalized spacial score (nSPS) is 12.2. The molecule has 0 radical (unpaired) electrons. The average Bonchev–Trinajstić information content (AvgIpc) is 2.78. The smallest absolute Gasteiger partial charge is 0.226 e. The van der Waals surface area contributed by atoms with Crippen molar-refractivity contribution in [2.75, 3.05) is 16.9 Å². The maximum absolute atomic E-state index is 12.8. The first-order chi connectivity index (χ1) is 16.5. The van der Waals surface area contributed by atoms with Crippen LogP contribution in [0.1, 0.15) is 32.3 Å². The minimum Gasteiger partial charge on any atom is -0.384 e. The van der Waals surface area contributed by atoms with Gasteiger partial charge in [-0.05, 0) is 48.2 Å². The lowest BCUT2D eigenvalue weighted by atomic mass is 10.00. The quantitative estimate of drug-likeness (QED) is 0.237. The van der Waals surface area contributed by atoms with Crippen LogP contribution < -0.4 is 16.4 Å². The lowest BCUT2D eigenvalue weighted by Crippen LogP contribution is -2.28. The molecule has 0 saturated heterocycles. The number of nitrogens with one attached hydrogen (secondary N) is 3. The molecule has 8 heteroatoms. The molecule has 0 heterocycles. The van der Waals surface area contributed by atoms with E-state index in [2.05, 4.69) is 24.5 Å². The van der Waals surface area contributed by atoms with E-state index in [0.717, 1.165) is 17.7 Å². The number of rotatable bonds is 10. The van der Waals surface area contributed by atoms with Crippen molar-refractivity contribution in [1.82, 2.24) is 0 Å². The molecule has 0 aliphatic rings. The molecule has 3 aromatic rings. The van der Waals surface area contributed by atoms with E-state index in [4.69, 9.17) is 11.1 Å². The molecule has 0 aromatic heterocycles. The van der Waals surface area contributed by atoms with Crippen LogP contribution in [0.2, 0.25) is 0 Å². The highest BCUT2D eigenvalue weighted by Gasteiger charge is 2.17. The zero-order valence-electron chi connectivity index (χ0n) is 20.2. The minimum absolute atomic E-state index is 0.00518. The highest BCUT2D eigenvalue weighted by Crippen LogP contribution is 2.28. The summed E-state index contributed by atoms with van der Waals surface area (Å²) in [6.45, 7) is 4.21. The lowest BCUT2D eigenvalue weighted by Gasteiger charge is -2.22. The topological polar surface area (TPSA) is 125 Å². The fourth-order valence-electron chi connectivity index (χ4n) is 3.97. The molecule has 1 amide bonds. The molecule has 0 fully saturated rings. The van der Waals surface area contributed by atoms with Crippen LogP contribution in [0.5, 0.6) is 0 Å². The van der Waals surface area contributed by atoms with Gasteiger partial charge < -0.3 is 16.4 Å². The maximum Gasteiger partial charge on any atom is 0.226 e. The first-order valence-electron chi connectivity index (χ1n) is 11.4. The predicted octanol–water partition coefficient (Wildman–Crippen LogP) is 4.90. The van der Waals surface area contributed by atoms with E-state index in [1.165, 1.54) is 6.26 Å². The summed E-state index contributed by atoms with van der Waals surface area (Å²) in [5.41, 5.74) is 9.06. The van der Waals surface area contributed by atoms with E-state index in [0.29, 0.717) is 22.7 Å². The van der Waals surface area contributed by atoms with Gasteiger partial charge >= 0.3 is 0 Å². The zero-order chi connectivity index (χ0) is 25.6. The van der Waals surface area contributed by atoms with E-state index in [-0.39, 0.29) is 29.1 Å². The van der Waals surface area contributed by atoms with E-state index < -0.39 is 9.84 Å². The summed E-state index contributed by atoms with van der Waals surface area (Å²) in [4.78, 5) is 13.1. The summed E-state index contributed by atoms with van der Waals surface area (Å²) in [6.07, 6.45) is 2.25. The number of nitrogen functional groups attached to an aromatic ring is 1. The van der Waals surface area contributed by atoms with Crippen LogP contribution >= 0.6 is 0 Å². The molecule has 1 atom stereocenters. The third-order valence-corrected chi connectivity index (χ3v) is 6.65. The highest BCUT2D eigenvalue weighted by atomic mass is 32.2. The Balaban J connectivity index is 1.70. The highest BCUT2D eigenvalue weighted by molar-refractivity contribution is 7.90. The molecule has 0 spiro atoms. The van der Waals surface area contributed by atoms with E-state index in [1.807, 2.05) is 12.1 Å². The Kier molecular flexibility index (Phi) is 8.30. The molecule has 3 aromatic carbocycles. The molecule has 35 heavy (non-hydrogen) atoms. The second-order valence-corrected chi connectivity index (χ2v) is 11.0. The number of amidine groups is 1. The second kappa shape index (κ2) is 11.2. The van der Waals surface area contributed by atoms with Crippen molar-refractivity contribution in [3.63, 3.8) is 0 Å². The van der Waals surface area contributed by atoms with Crippen molar-refractivity contribution >= 4 is 33.0 Å². The molecule has 3 rings (SSSR count). The fraction of sp³-hybridized carbons (Fsp3) is 0.259. The van der Waals surface area contributed by atoms with E-state index in [9.17, 15) is 13.2 Å². The van der Waals surface area contributed by atoms with Gasteiger partial charge in [0.1, 0.15) is 5.84 Å². The van der Waals surface area contributed by atoms with Crippen LogP contribution in [0.15, 0.2) is 77.7 Å². The third-order valence-electron chi connectivity index (χ3n) is 5.50. The average molecular weight is 493 g/mol. The Morgan fingerprint density at radius 1 is 0.971 bits per heavy atom. The number of sulfone groups is 1. The molecule has 5 N–H and O–H groups in total. The van der Waals surface area contributed by atoms with Crippen molar-refractivity contribution in [2.24, 2.45) is 11.7 Å². The van der Waals surface area contributed by atoms with E-state index in [1.54, 1.807) is 60.7 Å². The second-order valence-electron chi connectivity index (χ2n) is 9.06. The van der Waals surface area contributed by atoms with Gasteiger partial charge in [0.25, 0.3) is 0 Å². The number of benzene rings is 3. The van der Waals surface area contributed by atoms with Gasteiger partial charge in [0.2, 0.25) is 5.91 Å². The first kappa shape index (κ1) is 26.0. The molecule has 7 nitrogen and oxygen atoms in total. The number of carbonyl (C=O) groups excluding carboxylic acids is 1. The van der Waals surface area contributed by atoms with Crippen molar-refractivity contribution in [3.05, 3.63) is 78.4 Å². The Labute approximate surface area is 207 Å². The van der Waals surface area contributed by atoms with Gasteiger partial charge in [-0.3, -0.25) is 10.2 Å². The van der Waals surface area contributed by atoms with Gasteiger partial charge in [-0.1, -0.05) is 56.3 Å². The summed E-state index contributed by atoms with van der Waals surface area (Å²) in [7, 11) is -3.36. The summed E-state index contributed by atoms with van der Waals surface area (Å²) in [5, 5.41) is 14.0. The zero-order valence-corrected chi connectivity index (χ0v) is 21.0. The molecule has 184 valence electrons. The Hall–Kier alpha value is -3.65. The lowest BCUT2D eigenvalue weighted by molar-refractivity contribution is -0.116. The molecule has 0 unspecified atom stereocenters. The monoisotopic (exact) mass is 492 g/mol. The minimum atomic E-state index is -3.36. The van der Waals surface area contributed by atoms with Crippen molar-refractivity contribution in [3.8, 4) is 11.1 Å². The number of anilines is 2. The molecule has 0 saturated carbocycles. The number of hydrogen-bond donors (Lipinski definition) is 4. The Morgan fingerprint density at radius 2 is 1.66 bits per heavy atom. The number of hydrogen-bond acceptors (Lipinski definition) is 5. The van der Waals surface area contributed by atoms with Gasteiger partial charge in [0.05, 0.1) is 4.90 Å². The maximum atomic E-state index is 12.8. The van der Waals surface area contributed by atoms with Gasteiger partial charge in [-0.25, -0.2) is 8.42 Å². The third kappa shape index (κ3) is 7.42. The van der Waals surface area contributed by atoms with Crippen LogP contribution in [0.3, 0.4) is 0 Å². The van der Waals surface area contributed by atoms with Gasteiger partial charge in [0.15, 0.2) is 9.84 Å². The Bertz CT molecular complexity index is 1300. The molecule has 0 aliphatic heterocycles. The van der Waals surface area contributed by atoms with Gasteiger partial charge in [-0.2, -0.15) is 0 Å². The summed E-state index contributed by atoms with van der Waals surface area (Å²) < 4.78 is 24.2. The molecule has 0 bridgehead atoms.